The van der Waals surface area contributed by atoms with Gasteiger partial charge in [-0.3, -0.25) is 4.79 Å². The minimum Gasteiger partial charge on any atom is -0.393 e. The Bertz CT molecular complexity index is 341. The van der Waals surface area contributed by atoms with Crippen LogP contribution in [0.3, 0.4) is 0 Å². The summed E-state index contributed by atoms with van der Waals surface area (Å²) in [5.41, 5.74) is 0. The predicted octanol–water partition coefficient (Wildman–Crippen LogP) is 2.10. The van der Waals surface area contributed by atoms with Crippen LogP contribution in [-0.2, 0) is 9.53 Å². The number of piperidine rings is 1. The van der Waals surface area contributed by atoms with Crippen LogP contribution in [0.1, 0.15) is 57.8 Å². The van der Waals surface area contributed by atoms with E-state index in [1.165, 1.54) is 6.42 Å². The molecule has 2 aliphatic heterocycles. The Kier molecular flexibility index (Phi) is 4.61. The molecule has 2 heterocycles. The van der Waals surface area contributed by atoms with E-state index in [4.69, 9.17) is 4.74 Å². The molecule has 2 saturated heterocycles. The first-order valence-electron chi connectivity index (χ1n) is 8.37. The summed E-state index contributed by atoms with van der Waals surface area (Å²) >= 11 is 0. The average Bonchev–Trinajstić information content (AvgIpc) is 2.93. The highest BCUT2D eigenvalue weighted by atomic mass is 16.5. The van der Waals surface area contributed by atoms with Crippen LogP contribution in [0.15, 0.2) is 0 Å². The van der Waals surface area contributed by atoms with E-state index in [2.05, 4.69) is 4.90 Å². The van der Waals surface area contributed by atoms with Crippen molar-refractivity contribution in [3.63, 3.8) is 0 Å². The maximum Gasteiger partial charge on any atom is 0.251 e. The number of hydrogen-bond donors (Lipinski definition) is 1. The van der Waals surface area contributed by atoms with E-state index in [1.54, 1.807) is 0 Å². The van der Waals surface area contributed by atoms with Crippen LogP contribution in [0.5, 0.6) is 0 Å². The van der Waals surface area contributed by atoms with Crippen molar-refractivity contribution in [1.29, 1.82) is 0 Å². The molecule has 3 fully saturated rings. The van der Waals surface area contributed by atoms with Gasteiger partial charge in [0.1, 0.15) is 6.10 Å². The van der Waals surface area contributed by atoms with Crippen molar-refractivity contribution < 1.29 is 14.6 Å². The second kappa shape index (κ2) is 6.44. The van der Waals surface area contributed by atoms with Gasteiger partial charge in [0.05, 0.1) is 6.10 Å². The van der Waals surface area contributed by atoms with Gasteiger partial charge in [-0.2, -0.15) is 0 Å². The summed E-state index contributed by atoms with van der Waals surface area (Å²) in [4.78, 5) is 14.8. The van der Waals surface area contributed by atoms with Crippen molar-refractivity contribution in [3.05, 3.63) is 0 Å². The molecule has 0 radical (unpaired) electrons. The Morgan fingerprint density at radius 2 is 1.85 bits per heavy atom. The van der Waals surface area contributed by atoms with E-state index >= 15 is 0 Å². The monoisotopic (exact) mass is 281 g/mol. The standard InChI is InChI=1S/C16H27NO3/c18-14-8-5-6-12(14)13-7-1-3-10-17(13)16(19)15-9-2-4-11-20-15/h12-15,18H,1-11H2. The maximum absolute atomic E-state index is 12.7. The molecule has 114 valence electrons. The van der Waals surface area contributed by atoms with Gasteiger partial charge in [-0.15, -0.1) is 0 Å². The van der Waals surface area contributed by atoms with Crippen LogP contribution in [0.25, 0.3) is 0 Å². The Labute approximate surface area is 121 Å². The van der Waals surface area contributed by atoms with Gasteiger partial charge in [-0.05, 0) is 51.4 Å². The number of aliphatic hydroxyl groups is 1. The number of likely N-dealkylation sites (tertiary alicyclic amines) is 1. The van der Waals surface area contributed by atoms with Crippen LogP contribution >= 0.6 is 0 Å². The molecule has 20 heavy (non-hydrogen) atoms. The SMILES string of the molecule is O=C(C1CCCCO1)N1CCCCC1C1CCCC1O. The van der Waals surface area contributed by atoms with Crippen molar-refractivity contribution in [2.45, 2.75) is 76.0 Å². The fourth-order valence-electron chi connectivity index (χ4n) is 4.21. The third kappa shape index (κ3) is 2.86. The van der Waals surface area contributed by atoms with E-state index in [0.717, 1.165) is 64.5 Å². The Morgan fingerprint density at radius 3 is 2.55 bits per heavy atom. The van der Waals surface area contributed by atoms with Gasteiger partial charge in [-0.1, -0.05) is 6.42 Å². The van der Waals surface area contributed by atoms with E-state index < -0.39 is 0 Å². The van der Waals surface area contributed by atoms with Gasteiger partial charge in [0.25, 0.3) is 5.91 Å². The second-order valence-corrected chi connectivity index (χ2v) is 6.61. The van der Waals surface area contributed by atoms with Gasteiger partial charge in [0.15, 0.2) is 0 Å². The highest BCUT2D eigenvalue weighted by Crippen LogP contribution is 2.36. The van der Waals surface area contributed by atoms with E-state index in [0.29, 0.717) is 5.92 Å². The van der Waals surface area contributed by atoms with Crippen molar-refractivity contribution in [3.8, 4) is 0 Å². The number of carbonyl (C=O) groups is 1. The van der Waals surface area contributed by atoms with E-state index in [-0.39, 0.29) is 24.2 Å². The molecule has 3 aliphatic rings. The summed E-state index contributed by atoms with van der Waals surface area (Å²) in [6, 6.07) is 0.249. The van der Waals surface area contributed by atoms with Gasteiger partial charge < -0.3 is 14.7 Å². The molecule has 0 aromatic rings. The van der Waals surface area contributed by atoms with E-state index in [1.807, 2.05) is 0 Å². The van der Waals surface area contributed by atoms with Crippen molar-refractivity contribution in [1.82, 2.24) is 4.90 Å². The average molecular weight is 281 g/mol. The summed E-state index contributed by atoms with van der Waals surface area (Å²) in [5.74, 6) is 0.483. The number of ether oxygens (including phenoxy) is 1. The summed E-state index contributed by atoms with van der Waals surface area (Å²) in [6.07, 6.45) is 9.03. The van der Waals surface area contributed by atoms with Crippen LogP contribution < -0.4 is 0 Å². The minimum atomic E-state index is -0.220. The number of nitrogens with zero attached hydrogens (tertiary/aromatic N) is 1. The van der Waals surface area contributed by atoms with Crippen molar-refractivity contribution in [2.24, 2.45) is 5.92 Å². The van der Waals surface area contributed by atoms with Crippen LogP contribution in [0.4, 0.5) is 0 Å². The molecule has 0 bridgehead atoms. The lowest BCUT2D eigenvalue weighted by atomic mass is 9.87. The molecule has 4 heteroatoms. The summed E-state index contributed by atoms with van der Waals surface area (Å²) < 4.78 is 5.68. The fraction of sp³-hybridized carbons (Fsp3) is 0.938. The molecule has 4 nitrogen and oxygen atoms in total. The minimum absolute atomic E-state index is 0.188. The zero-order valence-electron chi connectivity index (χ0n) is 12.3. The second-order valence-electron chi connectivity index (χ2n) is 6.61. The van der Waals surface area contributed by atoms with Crippen molar-refractivity contribution in [2.75, 3.05) is 13.2 Å². The zero-order valence-corrected chi connectivity index (χ0v) is 12.3. The molecule has 4 atom stereocenters. The lowest BCUT2D eigenvalue weighted by Crippen LogP contribution is -2.53. The molecule has 4 unspecified atom stereocenters. The van der Waals surface area contributed by atoms with E-state index in [9.17, 15) is 9.90 Å². The quantitative estimate of drug-likeness (QED) is 0.843. The van der Waals surface area contributed by atoms with Gasteiger partial charge in [0, 0.05) is 25.1 Å². The highest BCUT2D eigenvalue weighted by molar-refractivity contribution is 5.81. The zero-order chi connectivity index (χ0) is 13.9. The molecule has 0 aromatic carbocycles. The van der Waals surface area contributed by atoms with Gasteiger partial charge in [0.2, 0.25) is 0 Å². The Morgan fingerprint density at radius 1 is 1.00 bits per heavy atom. The Balaban J connectivity index is 1.69. The van der Waals surface area contributed by atoms with Gasteiger partial charge >= 0.3 is 0 Å². The largest absolute Gasteiger partial charge is 0.393 e. The molecule has 3 rings (SSSR count). The Hall–Kier alpha value is -0.610. The predicted molar refractivity (Wildman–Crippen MR) is 76.3 cm³/mol. The molecule has 1 saturated carbocycles. The van der Waals surface area contributed by atoms with Gasteiger partial charge in [-0.25, -0.2) is 0 Å². The smallest absolute Gasteiger partial charge is 0.251 e. The topological polar surface area (TPSA) is 49.8 Å². The first-order valence-corrected chi connectivity index (χ1v) is 8.37. The lowest BCUT2D eigenvalue weighted by molar-refractivity contribution is -0.152. The summed E-state index contributed by atoms with van der Waals surface area (Å²) in [6.45, 7) is 1.58. The normalized spacial score (nSPS) is 39.0. The lowest BCUT2D eigenvalue weighted by Gasteiger charge is -2.42. The molecule has 1 N–H and O–H groups in total. The summed E-state index contributed by atoms with van der Waals surface area (Å²) in [5, 5.41) is 10.2. The number of carbonyl (C=O) groups excluding carboxylic acids is 1. The van der Waals surface area contributed by atoms with Crippen molar-refractivity contribution >= 4 is 5.91 Å². The molecular formula is C16H27NO3. The number of rotatable bonds is 2. The third-order valence-corrected chi connectivity index (χ3v) is 5.31. The van der Waals surface area contributed by atoms with Crippen LogP contribution in [0.2, 0.25) is 0 Å². The molecule has 1 aliphatic carbocycles. The van der Waals surface area contributed by atoms with Crippen LogP contribution in [0, 0.1) is 5.92 Å². The first-order chi connectivity index (χ1) is 9.77. The number of aliphatic hydroxyl groups excluding tert-OH is 1. The highest BCUT2D eigenvalue weighted by Gasteiger charge is 2.40. The summed E-state index contributed by atoms with van der Waals surface area (Å²) in [7, 11) is 0. The first kappa shape index (κ1) is 14.3. The third-order valence-electron chi connectivity index (χ3n) is 5.31. The van der Waals surface area contributed by atoms with Crippen LogP contribution in [-0.4, -0.2) is 47.3 Å². The molecule has 1 amide bonds. The number of amides is 1. The fourth-order valence-corrected chi connectivity index (χ4v) is 4.21. The number of hydrogen-bond acceptors (Lipinski definition) is 3. The molecule has 0 aromatic heterocycles. The maximum atomic E-state index is 12.7. The molecular weight excluding hydrogens is 254 g/mol. The molecule has 0 spiro atoms.